The summed E-state index contributed by atoms with van der Waals surface area (Å²) < 4.78 is 0. The summed E-state index contributed by atoms with van der Waals surface area (Å²) in [6.07, 6.45) is 6.54. The van der Waals surface area contributed by atoms with Crippen molar-refractivity contribution in [2.24, 2.45) is 0 Å². The zero-order valence-corrected chi connectivity index (χ0v) is 13.4. The molecule has 1 aliphatic carbocycles. The summed E-state index contributed by atoms with van der Waals surface area (Å²) in [7, 11) is 2.18. The van der Waals surface area contributed by atoms with Crippen LogP contribution in [-0.2, 0) is 6.54 Å². The lowest BCUT2D eigenvalue weighted by atomic mass is 10.2. The molecule has 0 spiro atoms. The van der Waals surface area contributed by atoms with E-state index >= 15 is 0 Å². The average Bonchev–Trinajstić information content (AvgIpc) is 3.17. The van der Waals surface area contributed by atoms with Crippen molar-refractivity contribution >= 4 is 16.5 Å². The van der Waals surface area contributed by atoms with Crippen LogP contribution in [0.1, 0.15) is 62.4 Å². The maximum atomic E-state index is 4.91. The highest BCUT2D eigenvalue weighted by Crippen LogP contribution is 2.44. The molecule has 4 heteroatoms. The Balaban J connectivity index is 1.99. The highest BCUT2D eigenvalue weighted by Gasteiger charge is 2.29. The molecule has 1 N–H and O–H groups in total. The first-order valence-electron chi connectivity index (χ1n) is 7.67. The van der Waals surface area contributed by atoms with Gasteiger partial charge in [-0.05, 0) is 25.8 Å². The van der Waals surface area contributed by atoms with Crippen molar-refractivity contribution < 1.29 is 0 Å². The van der Waals surface area contributed by atoms with Gasteiger partial charge in [-0.25, -0.2) is 4.98 Å². The third kappa shape index (κ3) is 4.18. The molecule has 1 saturated carbocycles. The minimum atomic E-state index is 0.752. The monoisotopic (exact) mass is 281 g/mol. The fourth-order valence-corrected chi connectivity index (χ4v) is 3.35. The summed E-state index contributed by atoms with van der Waals surface area (Å²) in [5.41, 5.74) is 1.38. The van der Waals surface area contributed by atoms with Crippen molar-refractivity contribution in [3.05, 3.63) is 10.6 Å². The molecule has 1 aromatic rings. The quantitative estimate of drug-likeness (QED) is 0.699. The second-order valence-corrected chi connectivity index (χ2v) is 6.55. The molecule has 1 aromatic heterocycles. The predicted octanol–water partition coefficient (Wildman–Crippen LogP) is 3.76. The van der Waals surface area contributed by atoms with E-state index in [0.29, 0.717) is 0 Å². The maximum Gasteiger partial charge on any atom is 0.185 e. The van der Waals surface area contributed by atoms with Gasteiger partial charge in [-0.2, -0.15) is 0 Å². The van der Waals surface area contributed by atoms with Crippen molar-refractivity contribution in [2.45, 2.75) is 58.4 Å². The van der Waals surface area contributed by atoms with Crippen LogP contribution in [0.15, 0.2) is 0 Å². The van der Waals surface area contributed by atoms with E-state index in [2.05, 4.69) is 31.1 Å². The van der Waals surface area contributed by atoms with Crippen LogP contribution in [0, 0.1) is 0 Å². The first-order valence-corrected chi connectivity index (χ1v) is 8.49. The lowest BCUT2D eigenvalue weighted by Crippen LogP contribution is -2.18. The Hall–Kier alpha value is -0.610. The normalized spacial score (nSPS) is 14.9. The lowest BCUT2D eigenvalue weighted by molar-refractivity contribution is 0.703. The van der Waals surface area contributed by atoms with E-state index in [9.17, 15) is 0 Å². The number of nitrogens with one attached hydrogen (secondary N) is 1. The van der Waals surface area contributed by atoms with Crippen molar-refractivity contribution in [3.8, 4) is 0 Å². The fourth-order valence-electron chi connectivity index (χ4n) is 2.25. The molecule has 0 saturated heterocycles. The SMILES string of the molecule is CCCCCN(C)c1nc(C2CC2)c(CNCC)s1. The number of anilines is 1. The highest BCUT2D eigenvalue weighted by atomic mass is 32.1. The summed E-state index contributed by atoms with van der Waals surface area (Å²) in [6, 6.07) is 0. The first-order chi connectivity index (χ1) is 9.26. The highest BCUT2D eigenvalue weighted by molar-refractivity contribution is 7.15. The minimum absolute atomic E-state index is 0.752. The van der Waals surface area contributed by atoms with E-state index in [1.165, 1.54) is 47.8 Å². The van der Waals surface area contributed by atoms with Gasteiger partial charge < -0.3 is 10.2 Å². The topological polar surface area (TPSA) is 28.2 Å². The van der Waals surface area contributed by atoms with Crippen LogP contribution in [0.5, 0.6) is 0 Å². The van der Waals surface area contributed by atoms with Gasteiger partial charge in [-0.15, -0.1) is 11.3 Å². The van der Waals surface area contributed by atoms with E-state index in [0.717, 1.165) is 25.6 Å². The predicted molar refractivity (Wildman–Crippen MR) is 84.3 cm³/mol. The van der Waals surface area contributed by atoms with E-state index in [1.807, 2.05) is 11.3 Å². The van der Waals surface area contributed by atoms with Gasteiger partial charge in [0.1, 0.15) is 0 Å². The van der Waals surface area contributed by atoms with E-state index in [1.54, 1.807) is 0 Å². The zero-order valence-electron chi connectivity index (χ0n) is 12.5. The van der Waals surface area contributed by atoms with Gasteiger partial charge in [0.15, 0.2) is 5.13 Å². The first kappa shape index (κ1) is 14.8. The molecule has 1 aliphatic rings. The number of unbranched alkanes of at least 4 members (excludes halogenated alkanes) is 2. The van der Waals surface area contributed by atoms with Crippen LogP contribution in [0.25, 0.3) is 0 Å². The molecule has 2 rings (SSSR count). The molecule has 1 heterocycles. The van der Waals surface area contributed by atoms with Gasteiger partial charge >= 0.3 is 0 Å². The van der Waals surface area contributed by atoms with Gasteiger partial charge in [-0.1, -0.05) is 26.7 Å². The zero-order chi connectivity index (χ0) is 13.7. The van der Waals surface area contributed by atoms with Crippen LogP contribution in [-0.4, -0.2) is 25.1 Å². The van der Waals surface area contributed by atoms with E-state index in [4.69, 9.17) is 4.98 Å². The molecule has 0 radical (unpaired) electrons. The molecular formula is C15H27N3S. The Morgan fingerprint density at radius 1 is 1.32 bits per heavy atom. The molecular weight excluding hydrogens is 254 g/mol. The maximum absolute atomic E-state index is 4.91. The second-order valence-electron chi connectivity index (χ2n) is 5.49. The largest absolute Gasteiger partial charge is 0.351 e. The lowest BCUT2D eigenvalue weighted by Gasteiger charge is -2.14. The molecule has 1 fully saturated rings. The number of nitrogens with zero attached hydrogens (tertiary/aromatic N) is 2. The number of hydrogen-bond acceptors (Lipinski definition) is 4. The summed E-state index contributed by atoms with van der Waals surface area (Å²) in [6.45, 7) is 7.57. The summed E-state index contributed by atoms with van der Waals surface area (Å²) in [5.74, 6) is 0.752. The number of hydrogen-bond donors (Lipinski definition) is 1. The van der Waals surface area contributed by atoms with Crippen molar-refractivity contribution in [1.29, 1.82) is 0 Å². The third-order valence-electron chi connectivity index (χ3n) is 3.64. The van der Waals surface area contributed by atoms with E-state index < -0.39 is 0 Å². The summed E-state index contributed by atoms with van der Waals surface area (Å²) in [4.78, 5) is 8.70. The molecule has 0 bridgehead atoms. The number of rotatable bonds is 9. The Labute approximate surface area is 121 Å². The molecule has 0 aliphatic heterocycles. The van der Waals surface area contributed by atoms with Gasteiger partial charge in [0.2, 0.25) is 0 Å². The van der Waals surface area contributed by atoms with Crippen molar-refractivity contribution in [3.63, 3.8) is 0 Å². The summed E-state index contributed by atoms with van der Waals surface area (Å²) in [5, 5.41) is 4.66. The molecule has 0 unspecified atom stereocenters. The minimum Gasteiger partial charge on any atom is -0.351 e. The van der Waals surface area contributed by atoms with Gasteiger partial charge in [0, 0.05) is 30.9 Å². The Bertz CT molecular complexity index is 385. The number of aromatic nitrogens is 1. The number of thiazole rings is 1. The van der Waals surface area contributed by atoms with Crippen LogP contribution in [0.3, 0.4) is 0 Å². The van der Waals surface area contributed by atoms with Crippen molar-refractivity contribution in [1.82, 2.24) is 10.3 Å². The average molecular weight is 281 g/mol. The fraction of sp³-hybridized carbons (Fsp3) is 0.800. The molecule has 0 aromatic carbocycles. The van der Waals surface area contributed by atoms with Gasteiger partial charge in [0.05, 0.1) is 5.69 Å². The Morgan fingerprint density at radius 3 is 2.74 bits per heavy atom. The third-order valence-corrected chi connectivity index (χ3v) is 4.82. The molecule has 0 atom stereocenters. The molecule has 3 nitrogen and oxygen atoms in total. The Morgan fingerprint density at radius 2 is 2.11 bits per heavy atom. The van der Waals surface area contributed by atoms with Gasteiger partial charge in [0.25, 0.3) is 0 Å². The standard InChI is InChI=1S/C15H27N3S/c1-4-6-7-10-18(3)15-17-14(12-8-9-12)13(19-15)11-16-5-2/h12,16H,4-11H2,1-3H3. The Kier molecular flexibility index (Phi) is 5.64. The second kappa shape index (κ2) is 7.25. The van der Waals surface area contributed by atoms with Crippen LogP contribution in [0.4, 0.5) is 5.13 Å². The van der Waals surface area contributed by atoms with Crippen molar-refractivity contribution in [2.75, 3.05) is 25.0 Å². The van der Waals surface area contributed by atoms with Gasteiger partial charge in [-0.3, -0.25) is 0 Å². The van der Waals surface area contributed by atoms with Crippen LogP contribution in [0.2, 0.25) is 0 Å². The van der Waals surface area contributed by atoms with Crippen LogP contribution < -0.4 is 10.2 Å². The molecule has 0 amide bonds. The molecule has 108 valence electrons. The summed E-state index contributed by atoms with van der Waals surface area (Å²) >= 11 is 1.89. The van der Waals surface area contributed by atoms with E-state index in [-0.39, 0.29) is 0 Å². The smallest absolute Gasteiger partial charge is 0.185 e. The molecule has 19 heavy (non-hydrogen) atoms. The van der Waals surface area contributed by atoms with Crippen LogP contribution >= 0.6 is 11.3 Å².